The Morgan fingerprint density at radius 3 is 1.13 bits per heavy atom. The number of rotatable bonds is 9. The SMILES string of the molecule is c1ccc(-c2ccc3c(c2)c2ccccc2n3-c2nc3ccccc3nc2-n2c3ccccc3c3cc(-c4ccccc4)ccc32)cc1.c1ccc(-c2cccc3sc4ccc(-c5nc6ccccc6nc5-c5ccc6c(c5)c5cccc7c8ccccc8n6c75)cc4c23)cc1.c1ccc(-c2nc3ccccc3nc2-n2c3cc4ccccc4cc3c3c4ccccc4ccc32)cc1. The van der Waals surface area contributed by atoms with Crippen LogP contribution in [0.3, 0.4) is 0 Å². The number of thiophene rings is 1. The van der Waals surface area contributed by atoms with E-state index in [1.54, 1.807) is 0 Å². The van der Waals surface area contributed by atoms with Crippen LogP contribution in [0.4, 0.5) is 0 Å². The molecule has 0 aliphatic carbocycles. The van der Waals surface area contributed by atoms with Gasteiger partial charge in [-0.3, -0.25) is 13.7 Å². The number of hydrogen-bond donors (Lipinski definition) is 0. The Labute approximate surface area is 765 Å². The van der Waals surface area contributed by atoms with Crippen molar-refractivity contribution in [3.8, 4) is 84.6 Å². The molecule has 0 atom stereocenters. The van der Waals surface area contributed by atoms with Gasteiger partial charge in [-0.25, -0.2) is 29.9 Å². The van der Waals surface area contributed by atoms with Gasteiger partial charge in [-0.1, -0.05) is 322 Å². The van der Waals surface area contributed by atoms with Gasteiger partial charge in [0, 0.05) is 90.7 Å². The highest BCUT2D eigenvalue weighted by atomic mass is 32.1. The summed E-state index contributed by atoms with van der Waals surface area (Å²) in [5.41, 5.74) is 28.7. The van der Waals surface area contributed by atoms with Gasteiger partial charge in [0.1, 0.15) is 5.69 Å². The third-order valence-corrected chi connectivity index (χ3v) is 27.9. The van der Waals surface area contributed by atoms with Crippen LogP contribution in [0.1, 0.15) is 0 Å². The third-order valence-electron chi connectivity index (χ3n) is 26.8. The number of para-hydroxylation sites is 10. The van der Waals surface area contributed by atoms with Crippen LogP contribution in [0.2, 0.25) is 0 Å². The van der Waals surface area contributed by atoms with Crippen molar-refractivity contribution < 1.29 is 0 Å². The van der Waals surface area contributed by atoms with Gasteiger partial charge in [-0.05, 0) is 182 Å². The summed E-state index contributed by atoms with van der Waals surface area (Å²) in [5.74, 6) is 2.43. The van der Waals surface area contributed by atoms with Gasteiger partial charge in [-0.2, -0.15) is 0 Å². The summed E-state index contributed by atoms with van der Waals surface area (Å²) in [7, 11) is 0. The Hall–Kier alpha value is -17.6. The molecule has 0 amide bonds. The van der Waals surface area contributed by atoms with Crippen LogP contribution < -0.4 is 0 Å². The van der Waals surface area contributed by atoms with E-state index in [-0.39, 0.29) is 0 Å². The minimum absolute atomic E-state index is 0.794. The van der Waals surface area contributed by atoms with E-state index in [1.807, 2.05) is 65.9 Å². The summed E-state index contributed by atoms with van der Waals surface area (Å²) >= 11 is 1.85. The molecule has 29 aromatic rings. The Morgan fingerprint density at radius 2 is 0.549 bits per heavy atom. The molecule has 0 fully saturated rings. The molecule has 9 heterocycles. The molecule has 0 unspecified atom stereocenters. The smallest absolute Gasteiger partial charge is 0.182 e. The first-order chi connectivity index (χ1) is 66.0. The van der Waals surface area contributed by atoms with Crippen molar-refractivity contribution in [1.82, 2.24) is 48.0 Å². The molecule has 9 aromatic heterocycles. The van der Waals surface area contributed by atoms with E-state index in [2.05, 4.69) is 412 Å². The fraction of sp³-hybridized carbons (Fsp3) is 0. The summed E-state index contributed by atoms with van der Waals surface area (Å²) < 4.78 is 11.9. The molecule has 0 aliphatic rings. The normalized spacial score (nSPS) is 11.9. The summed E-state index contributed by atoms with van der Waals surface area (Å²) in [6.45, 7) is 0. The molecule has 20 aromatic carbocycles. The molecule has 10 nitrogen and oxygen atoms in total. The number of hydrogen-bond acceptors (Lipinski definition) is 7. The molecule has 0 bridgehead atoms. The zero-order valence-corrected chi connectivity index (χ0v) is 72.4. The summed E-state index contributed by atoms with van der Waals surface area (Å²) in [4.78, 5) is 31.9. The second-order valence-corrected chi connectivity index (χ2v) is 35.4. The molecule has 0 saturated heterocycles. The van der Waals surface area contributed by atoms with Crippen LogP contribution in [-0.4, -0.2) is 48.0 Å². The van der Waals surface area contributed by atoms with Gasteiger partial charge < -0.3 is 4.40 Å². The van der Waals surface area contributed by atoms with Gasteiger partial charge in [-0.15, -0.1) is 11.3 Å². The van der Waals surface area contributed by atoms with Gasteiger partial charge in [0.25, 0.3) is 0 Å². The van der Waals surface area contributed by atoms with E-state index >= 15 is 0 Å². The molecule has 0 radical (unpaired) electrons. The average Bonchev–Trinajstić information content (AvgIpc) is 1.55. The second kappa shape index (κ2) is 30.5. The van der Waals surface area contributed by atoms with E-state index < -0.39 is 0 Å². The van der Waals surface area contributed by atoms with Gasteiger partial charge in [0.05, 0.1) is 94.1 Å². The van der Waals surface area contributed by atoms with Crippen molar-refractivity contribution >= 4 is 190 Å². The van der Waals surface area contributed by atoms with Crippen LogP contribution in [0.25, 0.3) is 263 Å². The quantitative estimate of drug-likeness (QED) is 0.143. The lowest BCUT2D eigenvalue weighted by atomic mass is 9.97. The molecule has 0 aliphatic heterocycles. The predicted molar refractivity (Wildman–Crippen MR) is 557 cm³/mol. The highest BCUT2D eigenvalue weighted by Crippen LogP contribution is 2.48. The van der Waals surface area contributed by atoms with E-state index in [0.717, 1.165) is 117 Å². The number of aromatic nitrogens is 10. The van der Waals surface area contributed by atoms with Crippen molar-refractivity contribution in [2.75, 3.05) is 0 Å². The van der Waals surface area contributed by atoms with Crippen LogP contribution in [0.5, 0.6) is 0 Å². The van der Waals surface area contributed by atoms with E-state index in [0.29, 0.717) is 0 Å². The zero-order valence-electron chi connectivity index (χ0n) is 71.6. The highest BCUT2D eigenvalue weighted by Gasteiger charge is 2.28. The number of nitrogens with zero attached hydrogens (tertiary/aromatic N) is 10. The fourth-order valence-electron chi connectivity index (χ4n) is 20.8. The maximum Gasteiger partial charge on any atom is 0.182 e. The Kier molecular flexibility index (Phi) is 17.3. The topological polar surface area (TPSA) is 96.5 Å². The molecule has 0 saturated carbocycles. The maximum atomic E-state index is 5.41. The summed E-state index contributed by atoms with van der Waals surface area (Å²) in [5, 5.41) is 19.7. The van der Waals surface area contributed by atoms with Crippen molar-refractivity contribution in [2.45, 2.75) is 0 Å². The van der Waals surface area contributed by atoms with Crippen molar-refractivity contribution in [1.29, 1.82) is 0 Å². The highest BCUT2D eigenvalue weighted by molar-refractivity contribution is 7.26. The lowest BCUT2D eigenvalue weighted by Gasteiger charge is -2.16. The Bertz CT molecular complexity index is 9600. The van der Waals surface area contributed by atoms with Crippen molar-refractivity contribution in [3.63, 3.8) is 0 Å². The fourth-order valence-corrected chi connectivity index (χ4v) is 21.9. The van der Waals surface area contributed by atoms with Crippen molar-refractivity contribution in [2.24, 2.45) is 0 Å². The summed E-state index contributed by atoms with van der Waals surface area (Å²) in [6, 6.07) is 159. The third kappa shape index (κ3) is 12.2. The standard InChI is InChI=1S/C44H28N4.C44H25N3S.C34H21N3/c1-3-13-29(14-4-1)31-23-25-41-35(27-31)33-17-7-11-21-39(33)47(41)43-44(46-38-20-10-9-19-37(38)45-43)48-40-22-12-8-18-34(40)36-28-32(24-26-42(36)48)30-15-5-2-6-16-30;1-2-10-26(11-3-1)29-13-9-19-40-41(29)34-25-28(21-23-39(34)48-40)43-42(45-35-16-5-6-17-36(35)46-43)27-20-22-38-33(24-27)32-15-8-14-31-30-12-4-7-18-37(30)47(38)44(31)32;1-2-11-23(12-3-1)33-34(36-29-17-9-8-16-28(29)35-33)37-30-19-18-22-10-6-7-15-26(22)32(30)27-20-24-13-4-5-14-25(24)21-31(27)37/h1-28H;1-25H;1-21H. The minimum Gasteiger partial charge on any atom is -0.308 e. The van der Waals surface area contributed by atoms with Gasteiger partial charge in [0.2, 0.25) is 0 Å². The first kappa shape index (κ1) is 75.5. The Balaban J connectivity index is 0.000000103. The molecule has 11 heteroatoms. The van der Waals surface area contributed by atoms with Crippen LogP contribution in [-0.2, 0) is 0 Å². The van der Waals surface area contributed by atoms with Crippen LogP contribution in [0, 0.1) is 0 Å². The minimum atomic E-state index is 0.794. The van der Waals surface area contributed by atoms with E-state index in [9.17, 15) is 0 Å². The van der Waals surface area contributed by atoms with E-state index in [1.165, 1.54) is 146 Å². The average molecular weight is 1710 g/mol. The predicted octanol–water partition coefficient (Wildman–Crippen LogP) is 32.0. The lowest BCUT2D eigenvalue weighted by Crippen LogP contribution is -2.09. The molecule has 618 valence electrons. The van der Waals surface area contributed by atoms with Gasteiger partial charge >= 0.3 is 0 Å². The van der Waals surface area contributed by atoms with E-state index in [4.69, 9.17) is 29.9 Å². The molecule has 133 heavy (non-hydrogen) atoms. The second-order valence-electron chi connectivity index (χ2n) is 34.3. The van der Waals surface area contributed by atoms with Crippen molar-refractivity contribution in [3.05, 3.63) is 449 Å². The zero-order chi connectivity index (χ0) is 87.3. The monoisotopic (exact) mass is 1710 g/mol. The Morgan fingerprint density at radius 1 is 0.173 bits per heavy atom. The molecule has 0 spiro atoms. The molecule has 29 rings (SSSR count). The van der Waals surface area contributed by atoms with Gasteiger partial charge in [0.15, 0.2) is 17.5 Å². The first-order valence-corrected chi connectivity index (χ1v) is 45.9. The van der Waals surface area contributed by atoms with Crippen LogP contribution >= 0.6 is 11.3 Å². The largest absolute Gasteiger partial charge is 0.308 e. The molecular formula is C122H74N10S. The first-order valence-electron chi connectivity index (χ1n) is 45.0. The lowest BCUT2D eigenvalue weighted by molar-refractivity contribution is 0.996. The summed E-state index contributed by atoms with van der Waals surface area (Å²) in [6.07, 6.45) is 0. The molecule has 0 N–H and O–H groups in total. The number of fused-ring (bicyclic) bond motifs is 24. The number of benzene rings is 20. The maximum absolute atomic E-state index is 5.41. The molecular weight excluding hydrogens is 1640 g/mol. The van der Waals surface area contributed by atoms with Crippen LogP contribution in [0.15, 0.2) is 449 Å².